The molecule has 3 rings (SSSR count). The van der Waals surface area contributed by atoms with Gasteiger partial charge in [0.1, 0.15) is 5.82 Å². The van der Waals surface area contributed by atoms with Crippen molar-refractivity contribution in [3.05, 3.63) is 95.6 Å². The Morgan fingerprint density at radius 2 is 1.36 bits per heavy atom. The van der Waals surface area contributed by atoms with Crippen molar-refractivity contribution in [2.75, 3.05) is 0 Å². The van der Waals surface area contributed by atoms with Gasteiger partial charge in [-0.15, -0.1) is 0 Å². The van der Waals surface area contributed by atoms with Crippen molar-refractivity contribution in [2.45, 2.75) is 39.5 Å². The monoisotopic (exact) mass is 376 g/mol. The van der Waals surface area contributed by atoms with E-state index in [0.717, 1.165) is 41.5 Å². The molecule has 0 N–H and O–H groups in total. The zero-order chi connectivity index (χ0) is 19.9. The summed E-state index contributed by atoms with van der Waals surface area (Å²) in [5, 5.41) is 0. The van der Waals surface area contributed by atoms with Crippen LogP contribution in [-0.2, 0) is 12.8 Å². The fraction of sp³-hybridized carbons (Fsp3) is 0.231. The molecule has 0 heterocycles. The van der Waals surface area contributed by atoms with Crippen molar-refractivity contribution in [1.29, 1.82) is 0 Å². The fourth-order valence-corrected chi connectivity index (χ4v) is 3.37. The summed E-state index contributed by atoms with van der Waals surface area (Å²) in [5.74, 6) is -0.377. The molecular weight excluding hydrogens is 350 g/mol. The Hall–Kier alpha value is -2.74. The van der Waals surface area contributed by atoms with Gasteiger partial charge in [0, 0.05) is 5.56 Å². The molecule has 0 nitrogen and oxygen atoms in total. The number of hydrogen-bond acceptors (Lipinski definition) is 0. The third-order valence-corrected chi connectivity index (χ3v) is 4.92. The number of halogens is 2. The molecule has 0 saturated heterocycles. The molecule has 0 radical (unpaired) electrons. The summed E-state index contributed by atoms with van der Waals surface area (Å²) in [6.07, 6.45) is 5.21. The van der Waals surface area contributed by atoms with Gasteiger partial charge in [0.25, 0.3) is 0 Å². The Balaban J connectivity index is 1.75. The molecule has 0 bridgehead atoms. The normalized spacial score (nSPS) is 11.6. The highest BCUT2D eigenvalue weighted by molar-refractivity contribution is 5.71. The quantitative estimate of drug-likeness (QED) is 0.393. The SMILES string of the molecule is CCCc1ccc(-c2ccc(-c3ccc(CC/C=C(/C)F)cc3)c(F)c2)cc1. The highest BCUT2D eigenvalue weighted by Gasteiger charge is 2.08. The minimum atomic E-state index is -0.223. The molecular formula is C26H26F2. The largest absolute Gasteiger partial charge is 0.212 e. The highest BCUT2D eigenvalue weighted by Crippen LogP contribution is 2.28. The van der Waals surface area contributed by atoms with Crippen LogP contribution in [0.5, 0.6) is 0 Å². The average Bonchev–Trinajstić information content (AvgIpc) is 2.69. The Labute approximate surface area is 166 Å². The van der Waals surface area contributed by atoms with E-state index in [0.29, 0.717) is 12.0 Å². The van der Waals surface area contributed by atoms with E-state index >= 15 is 0 Å². The molecule has 0 spiro atoms. The van der Waals surface area contributed by atoms with Gasteiger partial charge in [0.05, 0.1) is 5.83 Å². The number of allylic oxidation sites excluding steroid dienone is 2. The molecule has 0 saturated carbocycles. The van der Waals surface area contributed by atoms with E-state index in [9.17, 15) is 8.78 Å². The van der Waals surface area contributed by atoms with E-state index in [2.05, 4.69) is 31.2 Å². The first-order valence-corrected chi connectivity index (χ1v) is 9.87. The first-order valence-electron chi connectivity index (χ1n) is 9.87. The topological polar surface area (TPSA) is 0 Å². The molecule has 3 aromatic rings. The number of aryl methyl sites for hydroxylation is 2. The van der Waals surface area contributed by atoms with Crippen LogP contribution in [0.15, 0.2) is 78.6 Å². The van der Waals surface area contributed by atoms with E-state index in [1.807, 2.05) is 36.4 Å². The van der Waals surface area contributed by atoms with Crippen LogP contribution in [0, 0.1) is 5.82 Å². The van der Waals surface area contributed by atoms with Crippen LogP contribution in [0.4, 0.5) is 8.78 Å². The summed E-state index contributed by atoms with van der Waals surface area (Å²) >= 11 is 0. The van der Waals surface area contributed by atoms with Gasteiger partial charge >= 0.3 is 0 Å². The van der Waals surface area contributed by atoms with Gasteiger partial charge in [-0.3, -0.25) is 0 Å². The summed E-state index contributed by atoms with van der Waals surface area (Å²) in [6.45, 7) is 3.62. The maximum atomic E-state index is 14.8. The highest BCUT2D eigenvalue weighted by atomic mass is 19.1. The van der Waals surface area contributed by atoms with Gasteiger partial charge in [-0.1, -0.05) is 80.1 Å². The Morgan fingerprint density at radius 1 is 0.786 bits per heavy atom. The molecule has 2 heteroatoms. The molecule has 0 atom stereocenters. The van der Waals surface area contributed by atoms with E-state index in [4.69, 9.17) is 0 Å². The summed E-state index contributed by atoms with van der Waals surface area (Å²) in [7, 11) is 0. The zero-order valence-corrected chi connectivity index (χ0v) is 16.5. The summed E-state index contributed by atoms with van der Waals surface area (Å²) in [5.41, 5.74) is 5.78. The van der Waals surface area contributed by atoms with Crippen LogP contribution >= 0.6 is 0 Å². The van der Waals surface area contributed by atoms with Crippen molar-refractivity contribution >= 4 is 0 Å². The summed E-state index contributed by atoms with van der Waals surface area (Å²) < 4.78 is 27.5. The Morgan fingerprint density at radius 3 is 1.93 bits per heavy atom. The smallest absolute Gasteiger partial charge is 0.131 e. The van der Waals surface area contributed by atoms with E-state index in [1.165, 1.54) is 12.5 Å². The lowest BCUT2D eigenvalue weighted by Gasteiger charge is -2.09. The van der Waals surface area contributed by atoms with Gasteiger partial charge in [-0.25, -0.2) is 8.78 Å². The number of hydrogen-bond donors (Lipinski definition) is 0. The fourth-order valence-electron chi connectivity index (χ4n) is 3.37. The van der Waals surface area contributed by atoms with Gasteiger partial charge < -0.3 is 0 Å². The number of benzene rings is 3. The minimum Gasteiger partial charge on any atom is -0.212 e. The van der Waals surface area contributed by atoms with Crippen molar-refractivity contribution in [3.63, 3.8) is 0 Å². The van der Waals surface area contributed by atoms with Crippen LogP contribution in [-0.4, -0.2) is 0 Å². The first kappa shape index (κ1) is 20.0. The molecule has 0 aliphatic heterocycles. The van der Waals surface area contributed by atoms with Crippen molar-refractivity contribution in [3.8, 4) is 22.3 Å². The lowest BCUT2D eigenvalue weighted by molar-refractivity contribution is 0.631. The maximum Gasteiger partial charge on any atom is 0.131 e. The molecule has 0 aromatic heterocycles. The Bertz CT molecular complexity index is 931. The second-order valence-electron chi connectivity index (χ2n) is 7.17. The molecule has 0 amide bonds. The van der Waals surface area contributed by atoms with Gasteiger partial charge in [-0.2, -0.15) is 0 Å². The molecule has 0 aliphatic carbocycles. The summed E-state index contributed by atoms with van der Waals surface area (Å²) in [6, 6.07) is 21.6. The molecule has 0 fully saturated rings. The molecule has 0 aliphatic rings. The predicted octanol–water partition coefficient (Wildman–Crippen LogP) is 7.92. The van der Waals surface area contributed by atoms with E-state index in [1.54, 1.807) is 12.1 Å². The van der Waals surface area contributed by atoms with Gasteiger partial charge in [0.15, 0.2) is 0 Å². The lowest BCUT2D eigenvalue weighted by atomic mass is 9.97. The number of rotatable bonds is 7. The lowest BCUT2D eigenvalue weighted by Crippen LogP contribution is -1.89. The van der Waals surface area contributed by atoms with Crippen molar-refractivity contribution in [1.82, 2.24) is 0 Å². The van der Waals surface area contributed by atoms with E-state index in [-0.39, 0.29) is 11.6 Å². The third kappa shape index (κ3) is 5.16. The molecule has 3 aromatic carbocycles. The maximum absolute atomic E-state index is 14.8. The molecule has 28 heavy (non-hydrogen) atoms. The standard InChI is InChI=1S/C26H26F2/c1-3-5-20-8-12-22(13-9-20)24-16-17-25(26(28)18-24)23-14-10-21(11-15-23)7-4-6-19(2)27/h6,8-18H,3-5,7H2,1-2H3/b19-6-. The van der Waals surface area contributed by atoms with Crippen LogP contribution in [0.3, 0.4) is 0 Å². The Kier molecular flexibility index (Phi) is 6.76. The van der Waals surface area contributed by atoms with Gasteiger partial charge in [0.2, 0.25) is 0 Å². The minimum absolute atomic E-state index is 0.154. The van der Waals surface area contributed by atoms with Crippen molar-refractivity contribution < 1.29 is 8.78 Å². The average molecular weight is 376 g/mol. The second-order valence-corrected chi connectivity index (χ2v) is 7.17. The van der Waals surface area contributed by atoms with Crippen LogP contribution in [0.2, 0.25) is 0 Å². The molecule has 144 valence electrons. The zero-order valence-electron chi connectivity index (χ0n) is 16.5. The van der Waals surface area contributed by atoms with Crippen LogP contribution < -0.4 is 0 Å². The van der Waals surface area contributed by atoms with E-state index < -0.39 is 0 Å². The molecule has 0 unspecified atom stereocenters. The second kappa shape index (κ2) is 9.45. The third-order valence-electron chi connectivity index (χ3n) is 4.92. The van der Waals surface area contributed by atoms with Crippen LogP contribution in [0.1, 0.15) is 37.8 Å². The first-order chi connectivity index (χ1) is 13.6. The predicted molar refractivity (Wildman–Crippen MR) is 114 cm³/mol. The van der Waals surface area contributed by atoms with Crippen molar-refractivity contribution in [2.24, 2.45) is 0 Å². The van der Waals surface area contributed by atoms with Crippen LogP contribution in [0.25, 0.3) is 22.3 Å². The van der Waals surface area contributed by atoms with Gasteiger partial charge in [-0.05, 0) is 60.1 Å². The summed E-state index contributed by atoms with van der Waals surface area (Å²) in [4.78, 5) is 0.